The van der Waals surface area contributed by atoms with Crippen molar-refractivity contribution in [3.8, 4) is 5.75 Å². The zero-order valence-corrected chi connectivity index (χ0v) is 12.9. The first-order valence-corrected chi connectivity index (χ1v) is 7.37. The third kappa shape index (κ3) is 3.13. The van der Waals surface area contributed by atoms with Crippen LogP contribution in [0.1, 0.15) is 19.8 Å². The largest absolute Gasteiger partial charge is 0.497 e. The van der Waals surface area contributed by atoms with Gasteiger partial charge in [0.1, 0.15) is 11.3 Å². The molecule has 2 rings (SSSR count). The summed E-state index contributed by atoms with van der Waals surface area (Å²) in [7, 11) is 3.08. The van der Waals surface area contributed by atoms with Gasteiger partial charge in [-0.25, -0.2) is 4.79 Å². The summed E-state index contributed by atoms with van der Waals surface area (Å²) in [4.78, 5) is 12.5. The Morgan fingerprint density at radius 1 is 1.48 bits per heavy atom. The summed E-state index contributed by atoms with van der Waals surface area (Å²) >= 11 is 0. The smallest absolute Gasteiger partial charge is 0.331 e. The predicted molar refractivity (Wildman–Crippen MR) is 82.6 cm³/mol. The summed E-state index contributed by atoms with van der Waals surface area (Å²) in [6.07, 6.45) is 1.61. The quantitative estimate of drug-likeness (QED) is 0.813. The van der Waals surface area contributed by atoms with E-state index in [1.165, 1.54) is 7.11 Å². The van der Waals surface area contributed by atoms with Crippen molar-refractivity contribution in [1.29, 1.82) is 0 Å². The highest BCUT2D eigenvalue weighted by molar-refractivity contribution is 5.85. The van der Waals surface area contributed by atoms with Crippen LogP contribution in [0.15, 0.2) is 24.3 Å². The summed E-state index contributed by atoms with van der Waals surface area (Å²) in [5, 5.41) is 6.78. The Balaban J connectivity index is 2.33. The first kappa shape index (κ1) is 15.6. The molecular formula is C16H24N2O3. The summed E-state index contributed by atoms with van der Waals surface area (Å²) < 4.78 is 10.3. The van der Waals surface area contributed by atoms with E-state index < -0.39 is 5.54 Å². The third-order valence-corrected chi connectivity index (χ3v) is 4.26. The fraction of sp³-hybridized carbons (Fsp3) is 0.562. The molecule has 5 heteroatoms. The Morgan fingerprint density at radius 2 is 2.29 bits per heavy atom. The maximum atomic E-state index is 12.5. The standard InChI is InChI=1S/C16H24N2O3/c1-4-12-11-17-9-8-16(12,15(19)21-3)18-13-6-5-7-14(10-13)20-2/h5-7,10,12,17-18H,4,8-9,11H2,1-3H3. The van der Waals surface area contributed by atoms with Crippen LogP contribution in [0.4, 0.5) is 5.69 Å². The zero-order valence-electron chi connectivity index (χ0n) is 12.9. The lowest BCUT2D eigenvalue weighted by Crippen LogP contribution is -2.60. The van der Waals surface area contributed by atoms with E-state index in [-0.39, 0.29) is 11.9 Å². The second-order valence-corrected chi connectivity index (χ2v) is 5.38. The molecule has 0 radical (unpaired) electrons. The van der Waals surface area contributed by atoms with Gasteiger partial charge in [0.25, 0.3) is 0 Å². The summed E-state index contributed by atoms with van der Waals surface area (Å²) in [5.41, 5.74) is 0.196. The van der Waals surface area contributed by atoms with Crippen LogP contribution >= 0.6 is 0 Å². The second kappa shape index (κ2) is 6.80. The molecule has 1 aromatic rings. The van der Waals surface area contributed by atoms with Crippen LogP contribution in [0.25, 0.3) is 0 Å². The van der Waals surface area contributed by atoms with E-state index in [1.807, 2.05) is 24.3 Å². The van der Waals surface area contributed by atoms with Crippen LogP contribution in [0.3, 0.4) is 0 Å². The van der Waals surface area contributed by atoms with Gasteiger partial charge < -0.3 is 20.1 Å². The van der Waals surface area contributed by atoms with Crippen molar-refractivity contribution < 1.29 is 14.3 Å². The lowest BCUT2D eigenvalue weighted by atomic mass is 9.76. The molecule has 1 aromatic carbocycles. The highest BCUT2D eigenvalue weighted by atomic mass is 16.5. The molecule has 0 amide bonds. The van der Waals surface area contributed by atoms with Gasteiger partial charge in [-0.1, -0.05) is 13.0 Å². The number of carbonyl (C=O) groups is 1. The minimum absolute atomic E-state index is 0.185. The van der Waals surface area contributed by atoms with E-state index in [0.717, 1.165) is 30.9 Å². The van der Waals surface area contributed by atoms with E-state index in [9.17, 15) is 4.79 Å². The van der Waals surface area contributed by atoms with Crippen LogP contribution in [0.2, 0.25) is 0 Å². The fourth-order valence-corrected chi connectivity index (χ4v) is 3.06. The Hall–Kier alpha value is -1.75. The molecule has 0 aromatic heterocycles. The van der Waals surface area contributed by atoms with Crippen molar-refractivity contribution in [3.05, 3.63) is 24.3 Å². The molecular weight excluding hydrogens is 268 g/mol. The number of hydrogen-bond donors (Lipinski definition) is 2. The molecule has 0 aliphatic carbocycles. The van der Waals surface area contributed by atoms with Crippen LogP contribution in [-0.2, 0) is 9.53 Å². The highest BCUT2D eigenvalue weighted by Gasteiger charge is 2.47. The average molecular weight is 292 g/mol. The monoisotopic (exact) mass is 292 g/mol. The minimum atomic E-state index is -0.679. The lowest BCUT2D eigenvalue weighted by Gasteiger charge is -2.43. The molecule has 1 aliphatic heterocycles. The van der Waals surface area contributed by atoms with Crippen molar-refractivity contribution in [2.45, 2.75) is 25.3 Å². The van der Waals surface area contributed by atoms with Gasteiger partial charge in [0, 0.05) is 24.2 Å². The zero-order chi connectivity index (χ0) is 15.3. The number of esters is 1. The van der Waals surface area contributed by atoms with Gasteiger partial charge >= 0.3 is 5.97 Å². The number of ether oxygens (including phenoxy) is 2. The van der Waals surface area contributed by atoms with Gasteiger partial charge in [0.15, 0.2) is 0 Å². The van der Waals surface area contributed by atoms with E-state index in [4.69, 9.17) is 9.47 Å². The molecule has 1 saturated heterocycles. The topological polar surface area (TPSA) is 59.6 Å². The van der Waals surface area contributed by atoms with Gasteiger partial charge in [-0.05, 0) is 31.5 Å². The fourth-order valence-electron chi connectivity index (χ4n) is 3.06. The molecule has 21 heavy (non-hydrogen) atoms. The normalized spacial score (nSPS) is 25.2. The van der Waals surface area contributed by atoms with Crippen molar-refractivity contribution in [1.82, 2.24) is 5.32 Å². The van der Waals surface area contributed by atoms with Crippen molar-refractivity contribution in [3.63, 3.8) is 0 Å². The molecule has 2 N–H and O–H groups in total. The van der Waals surface area contributed by atoms with Gasteiger partial charge in [-0.2, -0.15) is 0 Å². The van der Waals surface area contributed by atoms with Gasteiger partial charge in [-0.15, -0.1) is 0 Å². The number of benzene rings is 1. The Morgan fingerprint density at radius 3 is 2.95 bits per heavy atom. The van der Waals surface area contributed by atoms with Crippen LogP contribution < -0.4 is 15.4 Å². The maximum absolute atomic E-state index is 12.5. The number of carbonyl (C=O) groups excluding carboxylic acids is 1. The molecule has 2 atom stereocenters. The summed E-state index contributed by atoms with van der Waals surface area (Å²) in [6, 6.07) is 7.64. The van der Waals surface area contributed by atoms with Crippen LogP contribution in [0.5, 0.6) is 5.75 Å². The maximum Gasteiger partial charge on any atom is 0.331 e. The van der Waals surface area contributed by atoms with Gasteiger partial charge in [-0.3, -0.25) is 0 Å². The SMILES string of the molecule is CCC1CNCCC1(Nc1cccc(OC)c1)C(=O)OC. The van der Waals surface area contributed by atoms with E-state index in [1.54, 1.807) is 7.11 Å². The summed E-state index contributed by atoms with van der Waals surface area (Å²) in [6.45, 7) is 3.70. The minimum Gasteiger partial charge on any atom is -0.497 e. The lowest BCUT2D eigenvalue weighted by molar-refractivity contribution is -0.149. The number of hydrogen-bond acceptors (Lipinski definition) is 5. The van der Waals surface area contributed by atoms with Crippen molar-refractivity contribution in [2.75, 3.05) is 32.6 Å². The first-order valence-electron chi connectivity index (χ1n) is 7.37. The second-order valence-electron chi connectivity index (χ2n) is 5.38. The molecule has 1 heterocycles. The molecule has 1 fully saturated rings. The Kier molecular flexibility index (Phi) is 5.07. The first-order chi connectivity index (χ1) is 10.2. The van der Waals surface area contributed by atoms with Crippen LogP contribution in [0, 0.1) is 5.92 Å². The number of rotatable bonds is 5. The van der Waals surface area contributed by atoms with E-state index >= 15 is 0 Å². The highest BCUT2D eigenvalue weighted by Crippen LogP contribution is 2.33. The van der Waals surface area contributed by atoms with Crippen LogP contribution in [-0.4, -0.2) is 38.8 Å². The number of piperidine rings is 1. The summed E-state index contributed by atoms with van der Waals surface area (Å²) in [5.74, 6) is 0.755. The average Bonchev–Trinajstić information content (AvgIpc) is 2.54. The number of nitrogens with one attached hydrogen (secondary N) is 2. The molecule has 1 aliphatic rings. The van der Waals surface area contributed by atoms with Crippen molar-refractivity contribution in [2.24, 2.45) is 5.92 Å². The third-order valence-electron chi connectivity index (χ3n) is 4.26. The molecule has 2 unspecified atom stereocenters. The number of anilines is 1. The predicted octanol–water partition coefficient (Wildman–Crippen LogP) is 2.04. The Labute approximate surface area is 126 Å². The molecule has 116 valence electrons. The molecule has 5 nitrogen and oxygen atoms in total. The number of methoxy groups -OCH3 is 2. The molecule has 0 bridgehead atoms. The van der Waals surface area contributed by atoms with E-state index in [0.29, 0.717) is 6.42 Å². The Bertz CT molecular complexity index is 492. The van der Waals surface area contributed by atoms with E-state index in [2.05, 4.69) is 17.6 Å². The van der Waals surface area contributed by atoms with Gasteiger partial charge in [0.05, 0.1) is 14.2 Å². The van der Waals surface area contributed by atoms with Gasteiger partial charge in [0.2, 0.25) is 0 Å². The molecule has 0 spiro atoms. The molecule has 0 saturated carbocycles. The van der Waals surface area contributed by atoms with Crippen molar-refractivity contribution >= 4 is 11.7 Å².